The second kappa shape index (κ2) is 8.67. The summed E-state index contributed by atoms with van der Waals surface area (Å²) in [6.07, 6.45) is 10.4. The van der Waals surface area contributed by atoms with Gasteiger partial charge in [-0.05, 0) is 43.9 Å². The van der Waals surface area contributed by atoms with Gasteiger partial charge in [-0.1, -0.05) is 24.3 Å². The number of amides is 2. The lowest BCUT2D eigenvalue weighted by Crippen LogP contribution is -2.48. The molecule has 1 aliphatic heterocycles. The maximum Gasteiger partial charge on any atom is 0.257 e. The zero-order valence-electron chi connectivity index (χ0n) is 17.2. The monoisotopic (exact) mass is 435 g/mol. The third kappa shape index (κ3) is 4.14. The SMILES string of the molecule is O=C(NC1CCN(C(=O)c2ccoc2)CC1)C1CC=CCC1c1nc2ccccc2s1. The van der Waals surface area contributed by atoms with Crippen molar-refractivity contribution in [2.45, 2.75) is 37.6 Å². The number of hydrogen-bond donors (Lipinski definition) is 1. The number of carbonyl (C=O) groups excluding carboxylic acids is 2. The molecule has 5 rings (SSSR count). The van der Waals surface area contributed by atoms with Crippen LogP contribution in [0.25, 0.3) is 10.2 Å². The van der Waals surface area contributed by atoms with Crippen LogP contribution < -0.4 is 5.32 Å². The van der Waals surface area contributed by atoms with Crippen LogP contribution in [0.1, 0.15) is 47.0 Å². The average Bonchev–Trinajstić information content (AvgIpc) is 3.49. The molecule has 2 amide bonds. The lowest BCUT2D eigenvalue weighted by Gasteiger charge is -2.34. The minimum absolute atomic E-state index is 0.00755. The standard InChI is InChI=1S/C24H25N3O3S/c28-22(25-17-9-12-27(13-10-17)24(29)16-11-14-30-15-16)18-5-1-2-6-19(18)23-26-20-7-3-4-8-21(20)31-23/h1-4,7-8,11,14-15,17-19H,5-6,9-10,12-13H2,(H,25,28). The normalized spacial score (nSPS) is 22.0. The molecule has 2 aromatic heterocycles. The van der Waals surface area contributed by atoms with Gasteiger partial charge in [0.1, 0.15) is 6.26 Å². The summed E-state index contributed by atoms with van der Waals surface area (Å²) in [7, 11) is 0. The fourth-order valence-electron chi connectivity index (χ4n) is 4.53. The van der Waals surface area contributed by atoms with Crippen molar-refractivity contribution in [3.63, 3.8) is 0 Å². The van der Waals surface area contributed by atoms with Crippen molar-refractivity contribution in [1.82, 2.24) is 15.2 Å². The Kier molecular flexibility index (Phi) is 5.59. The summed E-state index contributed by atoms with van der Waals surface area (Å²) >= 11 is 1.70. The molecular weight excluding hydrogens is 410 g/mol. The van der Waals surface area contributed by atoms with Crippen molar-refractivity contribution in [3.8, 4) is 0 Å². The molecule has 2 atom stereocenters. The molecule has 0 radical (unpaired) electrons. The zero-order chi connectivity index (χ0) is 21.2. The minimum Gasteiger partial charge on any atom is -0.472 e. The number of nitrogens with zero attached hydrogens (tertiary/aromatic N) is 2. The average molecular weight is 436 g/mol. The minimum atomic E-state index is -0.101. The molecule has 0 spiro atoms. The maximum absolute atomic E-state index is 13.2. The van der Waals surface area contributed by atoms with Crippen LogP contribution in [0.2, 0.25) is 0 Å². The van der Waals surface area contributed by atoms with E-state index in [9.17, 15) is 9.59 Å². The van der Waals surface area contributed by atoms with Crippen molar-refractivity contribution in [2.75, 3.05) is 13.1 Å². The van der Waals surface area contributed by atoms with Crippen LogP contribution in [0.3, 0.4) is 0 Å². The highest BCUT2D eigenvalue weighted by atomic mass is 32.1. The van der Waals surface area contributed by atoms with Crippen LogP contribution in [-0.2, 0) is 4.79 Å². The van der Waals surface area contributed by atoms with E-state index in [0.717, 1.165) is 36.2 Å². The highest BCUT2D eigenvalue weighted by Gasteiger charge is 2.34. The summed E-state index contributed by atoms with van der Waals surface area (Å²) < 4.78 is 6.19. The molecule has 1 aromatic carbocycles. The molecular formula is C24H25N3O3S. The van der Waals surface area contributed by atoms with E-state index < -0.39 is 0 Å². The van der Waals surface area contributed by atoms with E-state index >= 15 is 0 Å². The fraction of sp³-hybridized carbons (Fsp3) is 0.375. The summed E-state index contributed by atoms with van der Waals surface area (Å²) in [5.41, 5.74) is 1.58. The number of thiazole rings is 1. The first-order valence-electron chi connectivity index (χ1n) is 10.8. The highest BCUT2D eigenvalue weighted by Crippen LogP contribution is 2.38. The number of benzene rings is 1. The lowest BCUT2D eigenvalue weighted by atomic mass is 9.82. The molecule has 0 bridgehead atoms. The first kappa shape index (κ1) is 20.0. The van der Waals surface area contributed by atoms with E-state index in [0.29, 0.717) is 18.7 Å². The van der Waals surface area contributed by atoms with Gasteiger partial charge in [-0.15, -0.1) is 11.3 Å². The number of carbonyl (C=O) groups is 2. The Morgan fingerprint density at radius 3 is 2.68 bits per heavy atom. The number of rotatable bonds is 4. The van der Waals surface area contributed by atoms with Crippen molar-refractivity contribution < 1.29 is 14.0 Å². The van der Waals surface area contributed by atoms with Crippen LogP contribution in [0, 0.1) is 5.92 Å². The van der Waals surface area contributed by atoms with Crippen LogP contribution in [-0.4, -0.2) is 40.8 Å². The summed E-state index contributed by atoms with van der Waals surface area (Å²) in [4.78, 5) is 32.3. The Morgan fingerprint density at radius 2 is 1.90 bits per heavy atom. The third-order valence-electron chi connectivity index (χ3n) is 6.29. The summed E-state index contributed by atoms with van der Waals surface area (Å²) in [5.74, 6) is 0.112. The van der Waals surface area contributed by atoms with Gasteiger partial charge in [0, 0.05) is 25.0 Å². The van der Waals surface area contributed by atoms with Crippen LogP contribution >= 0.6 is 11.3 Å². The van der Waals surface area contributed by atoms with Gasteiger partial charge in [0.05, 0.1) is 33.0 Å². The van der Waals surface area contributed by atoms with Crippen LogP contribution in [0.5, 0.6) is 0 Å². The second-order valence-electron chi connectivity index (χ2n) is 8.26. The molecule has 31 heavy (non-hydrogen) atoms. The largest absolute Gasteiger partial charge is 0.472 e. The van der Waals surface area contributed by atoms with Crippen molar-refractivity contribution in [1.29, 1.82) is 0 Å². The zero-order valence-corrected chi connectivity index (χ0v) is 18.0. The quantitative estimate of drug-likeness (QED) is 0.618. The topological polar surface area (TPSA) is 75.4 Å². The number of allylic oxidation sites excluding steroid dienone is 2. The molecule has 2 aliphatic rings. The van der Waals surface area contributed by atoms with Gasteiger partial charge in [0.25, 0.3) is 5.91 Å². The van der Waals surface area contributed by atoms with Gasteiger partial charge in [-0.25, -0.2) is 4.98 Å². The van der Waals surface area contributed by atoms with Gasteiger partial charge < -0.3 is 14.6 Å². The smallest absolute Gasteiger partial charge is 0.257 e. The number of nitrogens with one attached hydrogen (secondary N) is 1. The molecule has 1 aliphatic carbocycles. The Morgan fingerprint density at radius 1 is 1.10 bits per heavy atom. The first-order chi connectivity index (χ1) is 15.2. The number of fused-ring (bicyclic) bond motifs is 1. The molecule has 3 heterocycles. The summed E-state index contributed by atoms with van der Waals surface area (Å²) in [5, 5.41) is 4.31. The Balaban J connectivity index is 1.22. The second-order valence-corrected chi connectivity index (χ2v) is 9.32. The number of para-hydroxylation sites is 1. The predicted octanol–water partition coefficient (Wildman–Crippen LogP) is 4.36. The third-order valence-corrected chi connectivity index (χ3v) is 7.46. The molecule has 1 saturated heterocycles. The van der Waals surface area contributed by atoms with E-state index in [4.69, 9.17) is 9.40 Å². The van der Waals surface area contributed by atoms with Crippen LogP contribution in [0.15, 0.2) is 59.4 Å². The molecule has 1 N–H and O–H groups in total. The van der Waals surface area contributed by atoms with Crippen molar-refractivity contribution >= 4 is 33.4 Å². The molecule has 3 aromatic rings. The Bertz CT molecular complexity index is 1060. The van der Waals surface area contributed by atoms with E-state index in [-0.39, 0.29) is 29.7 Å². The summed E-state index contributed by atoms with van der Waals surface area (Å²) in [6.45, 7) is 1.28. The molecule has 0 saturated carbocycles. The molecule has 2 unspecified atom stereocenters. The van der Waals surface area contributed by atoms with E-state index in [1.807, 2.05) is 23.1 Å². The number of hydrogen-bond acceptors (Lipinski definition) is 5. The lowest BCUT2D eigenvalue weighted by molar-refractivity contribution is -0.126. The number of piperidine rings is 1. The van der Waals surface area contributed by atoms with Crippen LogP contribution in [0.4, 0.5) is 0 Å². The maximum atomic E-state index is 13.2. The van der Waals surface area contributed by atoms with Gasteiger partial charge in [-0.2, -0.15) is 0 Å². The first-order valence-corrected chi connectivity index (χ1v) is 11.6. The summed E-state index contributed by atoms with van der Waals surface area (Å²) in [6, 6.07) is 9.93. The van der Waals surface area contributed by atoms with E-state index in [1.165, 1.54) is 17.2 Å². The van der Waals surface area contributed by atoms with Gasteiger partial charge in [0.15, 0.2) is 0 Å². The molecule has 7 heteroatoms. The number of likely N-dealkylation sites (tertiary alicyclic amines) is 1. The van der Waals surface area contributed by atoms with E-state index in [2.05, 4.69) is 23.5 Å². The van der Waals surface area contributed by atoms with Crippen molar-refractivity contribution in [3.05, 3.63) is 65.6 Å². The fourth-order valence-corrected chi connectivity index (χ4v) is 5.68. The Labute approximate surface area is 185 Å². The molecule has 160 valence electrons. The van der Waals surface area contributed by atoms with Gasteiger partial charge >= 0.3 is 0 Å². The molecule has 6 nitrogen and oxygen atoms in total. The number of aromatic nitrogens is 1. The molecule has 1 fully saturated rings. The van der Waals surface area contributed by atoms with Gasteiger partial charge in [0.2, 0.25) is 5.91 Å². The van der Waals surface area contributed by atoms with Gasteiger partial charge in [-0.3, -0.25) is 9.59 Å². The van der Waals surface area contributed by atoms with Crippen molar-refractivity contribution in [2.24, 2.45) is 5.92 Å². The highest BCUT2D eigenvalue weighted by molar-refractivity contribution is 7.18. The Hall–Kier alpha value is -2.93. The van der Waals surface area contributed by atoms with E-state index in [1.54, 1.807) is 17.4 Å². The number of furan rings is 1. The predicted molar refractivity (Wildman–Crippen MR) is 120 cm³/mol.